The molecule has 3 amide bonds. The third-order valence-corrected chi connectivity index (χ3v) is 16.4. The second-order valence-corrected chi connectivity index (χ2v) is 23.3. The van der Waals surface area contributed by atoms with Gasteiger partial charge in [0.05, 0.1) is 40.3 Å². The van der Waals surface area contributed by atoms with E-state index in [4.69, 9.17) is 9.72 Å². The molecular weight excluding hydrogens is 981 g/mol. The number of pyridine rings is 1. The Kier molecular flexibility index (Phi) is 14.6. The highest BCUT2D eigenvalue weighted by atomic mass is 79.9. The van der Waals surface area contributed by atoms with E-state index in [2.05, 4.69) is 75.6 Å². The first-order valence-corrected chi connectivity index (χ1v) is 27.5. The molecule has 70 heavy (non-hydrogen) atoms. The molecule has 5 aromatic rings. The van der Waals surface area contributed by atoms with Gasteiger partial charge in [0.2, 0.25) is 23.7 Å². The van der Waals surface area contributed by atoms with Gasteiger partial charge < -0.3 is 34.6 Å². The molecule has 4 aliphatic rings. The van der Waals surface area contributed by atoms with Crippen molar-refractivity contribution in [2.24, 2.45) is 5.92 Å². The van der Waals surface area contributed by atoms with Gasteiger partial charge in [0.25, 0.3) is 0 Å². The first-order valence-electron chi connectivity index (χ1n) is 24.1. The molecule has 0 bridgehead atoms. The maximum absolute atomic E-state index is 15.0. The van der Waals surface area contributed by atoms with Crippen molar-refractivity contribution in [3.63, 3.8) is 0 Å². The summed E-state index contributed by atoms with van der Waals surface area (Å²) in [5.74, 6) is -2.03. The molecule has 4 aliphatic heterocycles. The minimum absolute atomic E-state index is 0.0446. The molecule has 0 spiro atoms. The maximum Gasteiger partial charge on any atom is 0.234 e. The molecule has 0 radical (unpaired) electrons. The van der Waals surface area contributed by atoms with Crippen molar-refractivity contribution in [2.45, 2.75) is 64.3 Å². The van der Waals surface area contributed by atoms with E-state index >= 15 is 8.78 Å². The highest BCUT2D eigenvalue weighted by Gasteiger charge is 2.38. The highest BCUT2D eigenvalue weighted by molar-refractivity contribution is 9.10. The van der Waals surface area contributed by atoms with E-state index in [0.717, 1.165) is 73.4 Å². The molecule has 0 saturated carbocycles. The van der Waals surface area contributed by atoms with Crippen LogP contribution in [0.4, 0.5) is 37.6 Å². The van der Waals surface area contributed by atoms with Gasteiger partial charge in [0.1, 0.15) is 30.3 Å². The van der Waals surface area contributed by atoms with Crippen LogP contribution in [0.2, 0.25) is 0 Å². The number of benzene rings is 3. The van der Waals surface area contributed by atoms with Crippen LogP contribution in [0.5, 0.6) is 5.75 Å². The normalized spacial score (nSPS) is 18.8. The zero-order chi connectivity index (χ0) is 49.4. The fourth-order valence-corrected chi connectivity index (χ4v) is 12.3. The molecular formula is C51H60BrF2N10O5P. The number of methoxy groups -OCH3 is 1. The van der Waals surface area contributed by atoms with Crippen molar-refractivity contribution in [2.75, 3.05) is 94.9 Å². The van der Waals surface area contributed by atoms with Gasteiger partial charge in [-0.05, 0) is 116 Å². The number of nitrogens with one attached hydrogen (secondary N) is 3. The van der Waals surface area contributed by atoms with Gasteiger partial charge in [0, 0.05) is 111 Å². The number of hydrogen-bond donors (Lipinski definition) is 3. The molecule has 0 aliphatic carbocycles. The number of imide groups is 1. The molecule has 2 aromatic heterocycles. The Morgan fingerprint density at radius 1 is 0.929 bits per heavy atom. The van der Waals surface area contributed by atoms with Crippen LogP contribution >= 0.6 is 23.1 Å². The number of aromatic nitrogens is 3. The number of halogens is 3. The minimum atomic E-state index is -2.75. The van der Waals surface area contributed by atoms with Crippen LogP contribution in [0.1, 0.15) is 60.9 Å². The molecule has 3 aromatic carbocycles. The van der Waals surface area contributed by atoms with Gasteiger partial charge in [-0.3, -0.25) is 29.6 Å². The van der Waals surface area contributed by atoms with Gasteiger partial charge >= 0.3 is 0 Å². The van der Waals surface area contributed by atoms with Crippen LogP contribution in [-0.4, -0.2) is 133 Å². The number of hydrogen-bond acceptors (Lipinski definition) is 13. The van der Waals surface area contributed by atoms with E-state index in [-0.39, 0.29) is 30.2 Å². The largest absolute Gasteiger partial charge is 0.494 e. The summed E-state index contributed by atoms with van der Waals surface area (Å²) in [5, 5.41) is 10.5. The van der Waals surface area contributed by atoms with Gasteiger partial charge in [-0.2, -0.15) is 4.98 Å². The standard InChI is InChI=1S/C51H60BrF2N10O5P/c1-6-32-25-42(58-51-55-27-37(52)48(60-51)57-41-11-10-40-35(8-7-30(2)56-40)47(41)70(4,5)68)44(69-3)26-43(32)63-17-14-34(15-18-63)62-19-21-64(22-20-62)50(67)33-28-61(29-33)16-13-31-23-38(53)46(39(54)24-31)36-9-12-45(65)59-49(36)66/h7-8,10-11,23-27,33-34,36H,6,9,12-22,28-29H2,1-5H3,(H,59,65,66)(H2,55,57,58,60). The fourth-order valence-electron chi connectivity index (χ4n) is 10.5. The molecule has 1 atom stereocenters. The summed E-state index contributed by atoms with van der Waals surface area (Å²) in [6.45, 7) is 14.3. The minimum Gasteiger partial charge on any atom is -0.494 e. The Morgan fingerprint density at radius 2 is 1.66 bits per heavy atom. The second kappa shape index (κ2) is 20.7. The van der Waals surface area contributed by atoms with Gasteiger partial charge in [-0.1, -0.05) is 13.0 Å². The first kappa shape index (κ1) is 49.4. The molecule has 19 heteroatoms. The summed E-state index contributed by atoms with van der Waals surface area (Å²) in [6, 6.07) is 14.9. The van der Waals surface area contributed by atoms with Crippen molar-refractivity contribution >= 4 is 85.8 Å². The topological polar surface area (TPSA) is 165 Å². The number of fused-ring (bicyclic) bond motifs is 1. The number of carbonyl (C=O) groups is 3. The molecule has 3 N–H and O–H groups in total. The SMILES string of the molecule is CCc1cc(Nc2ncc(Br)c(Nc3ccc4nc(C)ccc4c3P(C)(C)=O)n2)c(OC)cc1N1CCC(N2CCN(C(=O)C3CN(CCc4cc(F)c(C5CCC(=O)NC5=O)c(F)c4)C3)CC2)CC1. The van der Waals surface area contributed by atoms with Crippen LogP contribution in [0, 0.1) is 24.5 Å². The lowest BCUT2D eigenvalue weighted by atomic mass is 9.88. The third-order valence-electron chi connectivity index (χ3n) is 14.2. The molecule has 370 valence electrons. The van der Waals surface area contributed by atoms with Crippen LogP contribution < -0.4 is 30.9 Å². The summed E-state index contributed by atoms with van der Waals surface area (Å²) in [6.07, 6.45) is 5.05. The summed E-state index contributed by atoms with van der Waals surface area (Å²) in [7, 11) is -1.08. The van der Waals surface area contributed by atoms with Crippen LogP contribution in [0.3, 0.4) is 0 Å². The Bertz CT molecular complexity index is 2860. The smallest absolute Gasteiger partial charge is 0.234 e. The number of aryl methyl sites for hydroxylation is 2. The van der Waals surface area contributed by atoms with Gasteiger partial charge in [0.15, 0.2) is 0 Å². The number of piperidine rings is 2. The Labute approximate surface area is 415 Å². The van der Waals surface area contributed by atoms with Gasteiger partial charge in [-0.25, -0.2) is 13.8 Å². The fraction of sp³-hybridized carbons (Fsp3) is 0.451. The average molecular weight is 1040 g/mol. The number of anilines is 5. The number of amides is 3. The Morgan fingerprint density at radius 3 is 2.33 bits per heavy atom. The molecule has 1 unspecified atom stereocenters. The van der Waals surface area contributed by atoms with E-state index < -0.39 is 36.5 Å². The third kappa shape index (κ3) is 10.6. The van der Waals surface area contributed by atoms with E-state index in [1.807, 2.05) is 36.1 Å². The zero-order valence-corrected chi connectivity index (χ0v) is 42.8. The van der Waals surface area contributed by atoms with E-state index in [0.29, 0.717) is 83.7 Å². The van der Waals surface area contributed by atoms with Crippen LogP contribution in [0.15, 0.2) is 59.2 Å². The molecule has 6 heterocycles. The maximum atomic E-state index is 15.0. The molecule has 15 nitrogen and oxygen atoms in total. The average Bonchev–Trinajstić information content (AvgIpc) is 3.32. The van der Waals surface area contributed by atoms with Crippen molar-refractivity contribution in [3.05, 3.63) is 93.2 Å². The number of ether oxygens (including phenoxy) is 1. The number of carbonyl (C=O) groups excluding carboxylic acids is 3. The number of piperazine rings is 1. The van der Waals surface area contributed by atoms with Crippen molar-refractivity contribution in [3.8, 4) is 5.75 Å². The van der Waals surface area contributed by atoms with Crippen molar-refractivity contribution in [1.82, 2.24) is 35.0 Å². The lowest BCUT2D eigenvalue weighted by molar-refractivity contribution is -0.143. The van der Waals surface area contributed by atoms with E-state index in [1.54, 1.807) is 26.6 Å². The first-order chi connectivity index (χ1) is 33.6. The Balaban J connectivity index is 0.758. The molecule has 4 saturated heterocycles. The second-order valence-electron chi connectivity index (χ2n) is 19.3. The lowest BCUT2D eigenvalue weighted by Crippen LogP contribution is -2.59. The monoisotopic (exact) mass is 1040 g/mol. The summed E-state index contributed by atoms with van der Waals surface area (Å²) in [4.78, 5) is 60.4. The van der Waals surface area contributed by atoms with E-state index in [1.165, 1.54) is 17.7 Å². The lowest BCUT2D eigenvalue weighted by Gasteiger charge is -2.46. The predicted molar refractivity (Wildman–Crippen MR) is 273 cm³/mol. The van der Waals surface area contributed by atoms with Crippen molar-refractivity contribution in [1.29, 1.82) is 0 Å². The number of rotatable bonds is 14. The van der Waals surface area contributed by atoms with Gasteiger partial charge in [-0.15, -0.1) is 0 Å². The molecule has 4 fully saturated rings. The summed E-state index contributed by atoms with van der Waals surface area (Å²) >= 11 is 3.61. The quantitative estimate of drug-likeness (QED) is 0.0741. The summed E-state index contributed by atoms with van der Waals surface area (Å²) < 4.78 is 50.3. The number of likely N-dealkylation sites (tertiary alicyclic amines) is 1. The van der Waals surface area contributed by atoms with Crippen LogP contribution in [-0.2, 0) is 31.8 Å². The Hall–Kier alpha value is -5.55. The zero-order valence-electron chi connectivity index (χ0n) is 40.3. The number of nitrogens with zero attached hydrogens (tertiary/aromatic N) is 7. The van der Waals surface area contributed by atoms with E-state index in [9.17, 15) is 18.9 Å². The summed E-state index contributed by atoms with van der Waals surface area (Å²) in [5.41, 5.74) is 5.64. The van der Waals surface area contributed by atoms with Crippen LogP contribution in [0.25, 0.3) is 10.9 Å². The van der Waals surface area contributed by atoms with Crippen molar-refractivity contribution < 1.29 is 32.5 Å². The molecule has 9 rings (SSSR count). The highest BCUT2D eigenvalue weighted by Crippen LogP contribution is 2.43. The predicted octanol–water partition coefficient (Wildman–Crippen LogP) is 7.49.